The number of fused-ring (bicyclic) bond motifs is 1. The maximum Gasteiger partial charge on any atom is 0.414 e. The molecule has 0 radical (unpaired) electrons. The van der Waals surface area contributed by atoms with Crippen molar-refractivity contribution in [3.05, 3.63) is 29.3 Å². The van der Waals surface area contributed by atoms with Crippen molar-refractivity contribution >= 4 is 6.09 Å². The molecule has 0 heterocycles. The van der Waals surface area contributed by atoms with Crippen molar-refractivity contribution in [2.45, 2.75) is 32.2 Å². The number of nitrogens with zero attached hydrogens (tertiary/aromatic N) is 1. The molecule has 0 spiro atoms. The summed E-state index contributed by atoms with van der Waals surface area (Å²) in [4.78, 5) is 13.5. The van der Waals surface area contributed by atoms with Crippen molar-refractivity contribution in [3.63, 3.8) is 0 Å². The first kappa shape index (κ1) is 15.8. The van der Waals surface area contributed by atoms with Gasteiger partial charge in [0, 0.05) is 20.0 Å². The van der Waals surface area contributed by atoms with Crippen LogP contribution < -0.4 is 22.9 Å². The molecule has 106 valence electrons. The summed E-state index contributed by atoms with van der Waals surface area (Å²) < 4.78 is 5.49. The van der Waals surface area contributed by atoms with Gasteiger partial charge in [-0.1, -0.05) is 19.1 Å². The molecule has 0 bridgehead atoms. The van der Waals surface area contributed by atoms with Gasteiger partial charge >= 0.3 is 6.09 Å². The molecule has 1 aliphatic rings. The Balaban J connectivity index is 0.00000180. The average molecular weight is 285 g/mol. The quantitative estimate of drug-likeness (QED) is 0.755. The maximum absolute atomic E-state index is 11.9. The molecule has 1 atom stereocenters. The smallest absolute Gasteiger partial charge is 0.414 e. The Morgan fingerprint density at radius 2 is 2.26 bits per heavy atom. The molecule has 0 saturated heterocycles. The first-order valence-corrected chi connectivity index (χ1v) is 6.51. The standard InChI is InChI=1S/C14H20N2O2.ClH/c1-3-9-16(2)14(17)18-12-6-4-5-10-7-8-11(15)13(10)12;/h4-6,11H,3,7-9,15H2,1-2H3;1H. The van der Waals surface area contributed by atoms with Crippen LogP contribution in [-0.4, -0.2) is 24.6 Å². The summed E-state index contributed by atoms with van der Waals surface area (Å²) in [6, 6.07) is 6.13. The second-order valence-corrected chi connectivity index (χ2v) is 4.85. The number of carbonyl (C=O) groups excluding carboxylic acids is 1. The van der Waals surface area contributed by atoms with Gasteiger partial charge in [-0.2, -0.15) is 0 Å². The molecule has 2 rings (SSSR count). The van der Waals surface area contributed by atoms with Gasteiger partial charge in [0.1, 0.15) is 11.8 Å². The highest BCUT2D eigenvalue weighted by molar-refractivity contribution is 5.71. The molecule has 0 fully saturated rings. The average Bonchev–Trinajstić information content (AvgIpc) is 2.72. The number of hydrogen-bond donors (Lipinski definition) is 1. The molecule has 19 heavy (non-hydrogen) atoms. The zero-order valence-corrected chi connectivity index (χ0v) is 12.2. The van der Waals surface area contributed by atoms with Crippen LogP contribution in [0.1, 0.15) is 36.9 Å². The molecule has 1 aliphatic carbocycles. The Bertz CT molecular complexity index is 451. The molecule has 0 aromatic heterocycles. The van der Waals surface area contributed by atoms with Gasteiger partial charge in [0.25, 0.3) is 0 Å². The van der Waals surface area contributed by atoms with E-state index in [0.29, 0.717) is 12.3 Å². The summed E-state index contributed by atoms with van der Waals surface area (Å²) >= 11 is 0. The molecule has 0 saturated carbocycles. The van der Waals surface area contributed by atoms with Crippen molar-refractivity contribution < 1.29 is 27.7 Å². The third-order valence-electron chi connectivity index (χ3n) is 3.39. The Kier molecular flexibility index (Phi) is 5.63. The van der Waals surface area contributed by atoms with E-state index in [9.17, 15) is 4.79 Å². The zero-order chi connectivity index (χ0) is 13.1. The molecule has 1 unspecified atom stereocenters. The lowest BCUT2D eigenvalue weighted by Crippen LogP contribution is -3.00. The second-order valence-electron chi connectivity index (χ2n) is 4.85. The lowest BCUT2D eigenvalue weighted by atomic mass is 10.1. The van der Waals surface area contributed by atoms with E-state index in [0.717, 1.165) is 24.8 Å². The van der Waals surface area contributed by atoms with Crippen LogP contribution in [0.15, 0.2) is 18.2 Å². The fourth-order valence-electron chi connectivity index (χ4n) is 2.43. The normalized spacial score (nSPS) is 16.5. The second kappa shape index (κ2) is 6.78. The summed E-state index contributed by atoms with van der Waals surface area (Å²) in [5.74, 6) is 0.679. The van der Waals surface area contributed by atoms with Crippen molar-refractivity contribution in [2.24, 2.45) is 0 Å². The first-order valence-electron chi connectivity index (χ1n) is 6.51. The van der Waals surface area contributed by atoms with Crippen LogP contribution in [0.3, 0.4) is 0 Å². The van der Waals surface area contributed by atoms with Crippen molar-refractivity contribution in [2.75, 3.05) is 13.6 Å². The van der Waals surface area contributed by atoms with Crippen LogP contribution in [0.4, 0.5) is 4.79 Å². The molecule has 1 aromatic rings. The van der Waals surface area contributed by atoms with E-state index in [-0.39, 0.29) is 24.5 Å². The first-order chi connectivity index (χ1) is 8.63. The summed E-state index contributed by atoms with van der Waals surface area (Å²) in [6.07, 6.45) is 2.70. The molecule has 0 aliphatic heterocycles. The van der Waals surface area contributed by atoms with E-state index in [1.807, 2.05) is 19.1 Å². The number of rotatable bonds is 3. The maximum atomic E-state index is 11.9. The van der Waals surface area contributed by atoms with Crippen LogP contribution in [0, 0.1) is 0 Å². The number of amides is 1. The highest BCUT2D eigenvalue weighted by Crippen LogP contribution is 2.35. The number of ether oxygens (including phenoxy) is 1. The van der Waals surface area contributed by atoms with Gasteiger partial charge in [-0.05, 0) is 24.5 Å². The minimum absolute atomic E-state index is 0. The van der Waals surface area contributed by atoms with Gasteiger partial charge in [0.2, 0.25) is 0 Å². The van der Waals surface area contributed by atoms with E-state index < -0.39 is 0 Å². The van der Waals surface area contributed by atoms with E-state index in [1.54, 1.807) is 11.9 Å². The predicted molar refractivity (Wildman–Crippen MR) is 69.3 cm³/mol. The van der Waals surface area contributed by atoms with Crippen molar-refractivity contribution in [1.82, 2.24) is 4.90 Å². The number of halogens is 1. The summed E-state index contributed by atoms with van der Waals surface area (Å²) in [6.45, 7) is 2.75. The summed E-state index contributed by atoms with van der Waals surface area (Å²) in [7, 11) is 1.76. The van der Waals surface area contributed by atoms with E-state index >= 15 is 0 Å². The number of carbonyl (C=O) groups is 1. The number of benzene rings is 1. The fourth-order valence-corrected chi connectivity index (χ4v) is 2.43. The van der Waals surface area contributed by atoms with Crippen LogP contribution in [-0.2, 0) is 6.42 Å². The van der Waals surface area contributed by atoms with Gasteiger partial charge < -0.3 is 27.8 Å². The van der Waals surface area contributed by atoms with Crippen molar-refractivity contribution in [1.29, 1.82) is 0 Å². The van der Waals surface area contributed by atoms with Crippen molar-refractivity contribution in [3.8, 4) is 5.75 Å². The van der Waals surface area contributed by atoms with Crippen LogP contribution in [0.25, 0.3) is 0 Å². The van der Waals surface area contributed by atoms with E-state index in [1.165, 1.54) is 5.56 Å². The Hall–Kier alpha value is -1.26. The van der Waals surface area contributed by atoms with Gasteiger partial charge in [0.15, 0.2) is 0 Å². The Morgan fingerprint density at radius 3 is 2.95 bits per heavy atom. The topological polar surface area (TPSA) is 57.2 Å². The molecule has 1 aromatic carbocycles. The third kappa shape index (κ3) is 3.39. The minimum atomic E-state index is -0.288. The lowest BCUT2D eigenvalue weighted by molar-refractivity contribution is -0.425. The fraction of sp³-hybridized carbons (Fsp3) is 0.500. The summed E-state index contributed by atoms with van der Waals surface area (Å²) in [5.41, 5.74) is 6.49. The molecule has 4 nitrogen and oxygen atoms in total. The van der Waals surface area contributed by atoms with E-state index in [4.69, 9.17) is 4.74 Å². The molecule has 1 amide bonds. The third-order valence-corrected chi connectivity index (χ3v) is 3.39. The highest BCUT2D eigenvalue weighted by Gasteiger charge is 2.27. The highest BCUT2D eigenvalue weighted by atomic mass is 35.5. The minimum Gasteiger partial charge on any atom is -1.00 e. The van der Waals surface area contributed by atoms with Gasteiger partial charge in [-0.25, -0.2) is 4.79 Å². The Labute approximate surface area is 120 Å². The predicted octanol–water partition coefficient (Wildman–Crippen LogP) is -1.24. The Morgan fingerprint density at radius 1 is 1.53 bits per heavy atom. The van der Waals surface area contributed by atoms with Crippen LogP contribution >= 0.6 is 0 Å². The lowest BCUT2D eigenvalue weighted by Gasteiger charge is -2.17. The SMILES string of the molecule is CCCN(C)C(=O)Oc1cccc2c1C([NH3+])CC2.[Cl-]. The number of quaternary nitrogens is 1. The van der Waals surface area contributed by atoms with E-state index in [2.05, 4.69) is 11.8 Å². The van der Waals surface area contributed by atoms with Gasteiger partial charge in [0.05, 0.1) is 5.56 Å². The summed E-state index contributed by atoms with van der Waals surface area (Å²) in [5, 5.41) is 0. The monoisotopic (exact) mass is 284 g/mol. The molecular formula is C14H21ClN2O2. The molecule has 5 heteroatoms. The molecular weight excluding hydrogens is 264 g/mol. The number of hydrogen-bond acceptors (Lipinski definition) is 2. The zero-order valence-electron chi connectivity index (χ0n) is 11.5. The van der Waals surface area contributed by atoms with Gasteiger partial charge in [-0.15, -0.1) is 0 Å². The number of aryl methyl sites for hydroxylation is 1. The van der Waals surface area contributed by atoms with Crippen LogP contribution in [0.5, 0.6) is 5.75 Å². The molecule has 3 N–H and O–H groups in total. The largest absolute Gasteiger partial charge is 1.00 e. The van der Waals surface area contributed by atoms with Crippen LogP contribution in [0.2, 0.25) is 0 Å². The van der Waals surface area contributed by atoms with Gasteiger partial charge in [-0.3, -0.25) is 0 Å².